The van der Waals surface area contributed by atoms with Crippen LogP contribution in [-0.4, -0.2) is 34.6 Å². The lowest BCUT2D eigenvalue weighted by atomic mass is 10.1. The van der Waals surface area contributed by atoms with Crippen LogP contribution in [0, 0.1) is 5.82 Å². The molecular formula is C16H13FN2O4. The molecule has 1 atom stereocenters. The fraction of sp³-hybridized carbons (Fsp3) is 0.188. The van der Waals surface area contributed by atoms with Gasteiger partial charge in [-0.05, 0) is 31.2 Å². The average Bonchev–Trinajstić information content (AvgIpc) is 2.53. The number of aromatic carboxylic acids is 1. The van der Waals surface area contributed by atoms with Gasteiger partial charge in [0.15, 0.2) is 0 Å². The normalized spacial score (nSPS) is 16.4. The number of hydrogen-bond donors (Lipinski definition) is 1. The zero-order valence-corrected chi connectivity index (χ0v) is 12.2. The number of carbonyl (C=O) groups is 2. The number of pyridine rings is 1. The molecule has 6 nitrogen and oxygen atoms in total. The van der Waals surface area contributed by atoms with Crippen molar-refractivity contribution in [1.82, 2.24) is 4.98 Å². The Morgan fingerprint density at radius 2 is 2.13 bits per heavy atom. The molecule has 1 N–H and O–H groups in total. The molecule has 118 valence electrons. The van der Waals surface area contributed by atoms with E-state index < -0.39 is 11.8 Å². The van der Waals surface area contributed by atoms with Gasteiger partial charge in [0.1, 0.15) is 23.4 Å². The first-order valence-electron chi connectivity index (χ1n) is 6.93. The van der Waals surface area contributed by atoms with Gasteiger partial charge in [-0.15, -0.1) is 0 Å². The summed E-state index contributed by atoms with van der Waals surface area (Å²) in [5, 5.41) is 8.84. The van der Waals surface area contributed by atoms with E-state index in [2.05, 4.69) is 4.98 Å². The molecule has 7 heteroatoms. The first-order valence-corrected chi connectivity index (χ1v) is 6.93. The first-order chi connectivity index (χ1) is 11.0. The van der Waals surface area contributed by atoms with Crippen LogP contribution in [0.25, 0.3) is 0 Å². The molecule has 1 aromatic carbocycles. The molecule has 0 spiro atoms. The highest BCUT2D eigenvalue weighted by Gasteiger charge is 2.29. The quantitative estimate of drug-likeness (QED) is 0.920. The molecule has 1 aliphatic rings. The predicted molar refractivity (Wildman–Crippen MR) is 79.4 cm³/mol. The summed E-state index contributed by atoms with van der Waals surface area (Å²) in [5.41, 5.74) is 0.579. The highest BCUT2D eigenvalue weighted by molar-refractivity contribution is 6.07. The van der Waals surface area contributed by atoms with Gasteiger partial charge in [-0.2, -0.15) is 0 Å². The van der Waals surface area contributed by atoms with E-state index in [1.54, 1.807) is 6.92 Å². The molecule has 23 heavy (non-hydrogen) atoms. The zero-order valence-electron chi connectivity index (χ0n) is 12.2. The number of hydrogen-bond acceptors (Lipinski definition) is 4. The largest absolute Gasteiger partial charge is 0.487 e. The van der Waals surface area contributed by atoms with E-state index in [-0.39, 0.29) is 23.3 Å². The molecule has 0 fully saturated rings. The summed E-state index contributed by atoms with van der Waals surface area (Å²) in [5.74, 6) is -1.66. The van der Waals surface area contributed by atoms with E-state index >= 15 is 0 Å². The number of rotatable bonds is 2. The maximum atomic E-state index is 13.3. The topological polar surface area (TPSA) is 79.7 Å². The summed E-state index contributed by atoms with van der Waals surface area (Å²) >= 11 is 0. The Bertz CT molecular complexity index is 776. The number of anilines is 1. The Kier molecular flexibility index (Phi) is 3.69. The van der Waals surface area contributed by atoms with Crippen molar-refractivity contribution in [2.45, 2.75) is 13.0 Å². The maximum absolute atomic E-state index is 13.3. The highest BCUT2D eigenvalue weighted by atomic mass is 19.1. The number of benzene rings is 1. The monoisotopic (exact) mass is 316 g/mol. The van der Waals surface area contributed by atoms with Gasteiger partial charge in [0, 0.05) is 12.3 Å². The average molecular weight is 316 g/mol. The van der Waals surface area contributed by atoms with Crippen molar-refractivity contribution in [3.05, 3.63) is 53.6 Å². The predicted octanol–water partition coefficient (Wildman–Crippen LogP) is 2.35. The number of fused-ring (bicyclic) bond motifs is 1. The van der Waals surface area contributed by atoms with Gasteiger partial charge in [0.2, 0.25) is 0 Å². The van der Waals surface area contributed by atoms with Crippen molar-refractivity contribution >= 4 is 17.6 Å². The molecular weight excluding hydrogens is 303 g/mol. The fourth-order valence-electron chi connectivity index (χ4n) is 2.41. The van der Waals surface area contributed by atoms with E-state index in [0.717, 1.165) is 0 Å². The molecule has 0 saturated carbocycles. The molecule has 2 aromatic rings. The molecule has 0 saturated heterocycles. The Balaban J connectivity index is 1.95. The molecule has 0 unspecified atom stereocenters. The van der Waals surface area contributed by atoms with Crippen LogP contribution in [0.2, 0.25) is 0 Å². The third-order valence-corrected chi connectivity index (χ3v) is 3.46. The number of aromatic nitrogens is 1. The summed E-state index contributed by atoms with van der Waals surface area (Å²) in [6, 6.07) is 6.64. The van der Waals surface area contributed by atoms with E-state index in [0.29, 0.717) is 18.0 Å². The second-order valence-electron chi connectivity index (χ2n) is 5.19. The summed E-state index contributed by atoms with van der Waals surface area (Å²) in [6.45, 7) is 2.08. The first kappa shape index (κ1) is 15.0. The van der Waals surface area contributed by atoms with Gasteiger partial charge in [0.05, 0.1) is 17.8 Å². The minimum Gasteiger partial charge on any atom is -0.487 e. The standard InChI is InChI=1S/C16H13FN2O4/c1-9-8-19(13-5-3-11(17)6-14(13)23-9)15(20)10-2-4-12(16(21)22)18-7-10/h2-7,9H,8H2,1H3,(H,21,22)/t9-/m1/s1. The van der Waals surface area contributed by atoms with Crippen LogP contribution in [0.5, 0.6) is 5.75 Å². The highest BCUT2D eigenvalue weighted by Crippen LogP contribution is 2.34. The van der Waals surface area contributed by atoms with Crippen LogP contribution < -0.4 is 9.64 Å². The zero-order chi connectivity index (χ0) is 16.6. The van der Waals surface area contributed by atoms with Crippen LogP contribution in [0.1, 0.15) is 27.8 Å². The van der Waals surface area contributed by atoms with Gasteiger partial charge >= 0.3 is 5.97 Å². The van der Waals surface area contributed by atoms with Crippen molar-refractivity contribution in [3.63, 3.8) is 0 Å². The van der Waals surface area contributed by atoms with Gasteiger partial charge < -0.3 is 14.7 Å². The second-order valence-corrected chi connectivity index (χ2v) is 5.19. The maximum Gasteiger partial charge on any atom is 0.354 e. The van der Waals surface area contributed by atoms with Gasteiger partial charge in [-0.25, -0.2) is 14.2 Å². The van der Waals surface area contributed by atoms with Crippen molar-refractivity contribution in [2.75, 3.05) is 11.4 Å². The number of ether oxygens (including phenoxy) is 1. The third-order valence-electron chi connectivity index (χ3n) is 3.46. The van der Waals surface area contributed by atoms with Crippen LogP contribution in [0.15, 0.2) is 36.5 Å². The lowest BCUT2D eigenvalue weighted by Gasteiger charge is -2.33. The van der Waals surface area contributed by atoms with Gasteiger partial charge in [-0.3, -0.25) is 4.79 Å². The molecule has 1 aromatic heterocycles. The minimum atomic E-state index is -1.16. The lowest BCUT2D eigenvalue weighted by Crippen LogP contribution is -2.42. The van der Waals surface area contributed by atoms with E-state index in [1.165, 1.54) is 41.4 Å². The molecule has 2 heterocycles. The van der Waals surface area contributed by atoms with Gasteiger partial charge in [-0.1, -0.05) is 0 Å². The van der Waals surface area contributed by atoms with Crippen LogP contribution in [0.3, 0.4) is 0 Å². The molecule has 1 amide bonds. The van der Waals surface area contributed by atoms with Crippen molar-refractivity contribution in [2.24, 2.45) is 0 Å². The third kappa shape index (κ3) is 2.85. The molecule has 0 bridgehead atoms. The summed E-state index contributed by atoms with van der Waals surface area (Å²) in [6.07, 6.45) is 0.925. The van der Waals surface area contributed by atoms with E-state index in [9.17, 15) is 14.0 Å². The van der Waals surface area contributed by atoms with Crippen LogP contribution in [0.4, 0.5) is 10.1 Å². The number of carbonyl (C=O) groups excluding carboxylic acids is 1. The van der Waals surface area contributed by atoms with Crippen LogP contribution >= 0.6 is 0 Å². The van der Waals surface area contributed by atoms with E-state index in [1.807, 2.05) is 0 Å². The van der Waals surface area contributed by atoms with Crippen molar-refractivity contribution in [1.29, 1.82) is 0 Å². The van der Waals surface area contributed by atoms with Crippen molar-refractivity contribution < 1.29 is 23.8 Å². The fourth-order valence-corrected chi connectivity index (χ4v) is 2.41. The molecule has 0 aliphatic carbocycles. The summed E-state index contributed by atoms with van der Waals surface area (Å²) < 4.78 is 18.9. The summed E-state index contributed by atoms with van der Waals surface area (Å²) in [7, 11) is 0. The SMILES string of the molecule is C[C@@H]1CN(C(=O)c2ccc(C(=O)O)nc2)c2ccc(F)cc2O1. The van der Waals surface area contributed by atoms with Crippen LogP contribution in [-0.2, 0) is 0 Å². The van der Waals surface area contributed by atoms with Gasteiger partial charge in [0.25, 0.3) is 5.91 Å². The number of carboxylic acids is 1. The number of amides is 1. The number of halogens is 1. The Morgan fingerprint density at radius 3 is 2.78 bits per heavy atom. The number of nitrogens with zero attached hydrogens (tertiary/aromatic N) is 2. The summed E-state index contributed by atoms with van der Waals surface area (Å²) in [4.78, 5) is 28.7. The number of carboxylic acid groups (broad SMARTS) is 1. The molecule has 0 radical (unpaired) electrons. The second kappa shape index (κ2) is 5.68. The molecule has 1 aliphatic heterocycles. The van der Waals surface area contributed by atoms with Crippen molar-refractivity contribution in [3.8, 4) is 5.75 Å². The Hall–Kier alpha value is -2.96. The minimum absolute atomic E-state index is 0.139. The molecule has 3 rings (SSSR count). The van der Waals surface area contributed by atoms with E-state index in [4.69, 9.17) is 9.84 Å². The Morgan fingerprint density at radius 1 is 1.35 bits per heavy atom. The Labute approximate surface area is 131 Å². The smallest absolute Gasteiger partial charge is 0.354 e. The lowest BCUT2D eigenvalue weighted by molar-refractivity contribution is 0.0690.